The first kappa shape index (κ1) is 7.05. The van der Waals surface area contributed by atoms with Crippen LogP contribution in [0.4, 0.5) is 6.01 Å². The van der Waals surface area contributed by atoms with Crippen LogP contribution in [0.3, 0.4) is 0 Å². The number of nitrogens with one attached hydrogen (secondary N) is 1. The molecule has 0 atom stereocenters. The second-order valence-electron chi connectivity index (χ2n) is 1.88. The first-order valence-corrected chi connectivity index (χ1v) is 3.43. The van der Waals surface area contributed by atoms with Gasteiger partial charge in [-0.25, -0.2) is 0 Å². The van der Waals surface area contributed by atoms with Crippen LogP contribution in [0.15, 0.2) is 4.42 Å². The maximum Gasteiger partial charge on any atom is 0.315 e. The summed E-state index contributed by atoms with van der Waals surface area (Å²) in [4.78, 5) is 0. The molecular formula is C6H11N3O. The topological polar surface area (TPSA) is 51.0 Å². The van der Waals surface area contributed by atoms with E-state index < -0.39 is 0 Å². The van der Waals surface area contributed by atoms with Crippen LogP contribution in [0, 0.1) is 0 Å². The molecule has 4 heteroatoms. The Balaban J connectivity index is 2.59. The molecule has 0 aliphatic rings. The van der Waals surface area contributed by atoms with Gasteiger partial charge in [-0.3, -0.25) is 0 Å². The van der Waals surface area contributed by atoms with Crippen LogP contribution in [0.5, 0.6) is 0 Å². The molecular weight excluding hydrogens is 130 g/mol. The standard InChI is InChI=1S/C6H11N3O/c1-3-5-8-9-6(10-5)7-4-2/h3-4H2,1-2H3,(H,7,9). The highest BCUT2D eigenvalue weighted by Gasteiger charge is 1.99. The lowest BCUT2D eigenvalue weighted by Crippen LogP contribution is -1.95. The number of hydrogen-bond acceptors (Lipinski definition) is 4. The van der Waals surface area contributed by atoms with Gasteiger partial charge in [0.05, 0.1) is 0 Å². The molecule has 0 saturated heterocycles. The SMILES string of the molecule is CCNc1nnc(CC)o1. The van der Waals surface area contributed by atoms with Crippen LogP contribution in [0.2, 0.25) is 0 Å². The van der Waals surface area contributed by atoms with Gasteiger partial charge in [-0.2, -0.15) is 0 Å². The van der Waals surface area contributed by atoms with Crippen molar-refractivity contribution >= 4 is 6.01 Å². The van der Waals surface area contributed by atoms with Crippen molar-refractivity contribution in [2.24, 2.45) is 0 Å². The normalized spacial score (nSPS) is 9.80. The van der Waals surface area contributed by atoms with Gasteiger partial charge in [-0.05, 0) is 6.92 Å². The summed E-state index contributed by atoms with van der Waals surface area (Å²) in [5.74, 6) is 0.677. The Bertz CT molecular complexity index is 197. The fraction of sp³-hybridized carbons (Fsp3) is 0.667. The maximum absolute atomic E-state index is 5.14. The van der Waals surface area contributed by atoms with Gasteiger partial charge in [0.25, 0.3) is 0 Å². The van der Waals surface area contributed by atoms with E-state index in [0.29, 0.717) is 11.9 Å². The predicted molar refractivity (Wildman–Crippen MR) is 37.8 cm³/mol. The van der Waals surface area contributed by atoms with Crippen LogP contribution < -0.4 is 5.32 Å². The van der Waals surface area contributed by atoms with E-state index in [1.165, 1.54) is 0 Å². The highest BCUT2D eigenvalue weighted by atomic mass is 16.4. The van der Waals surface area contributed by atoms with Crippen LogP contribution in [0.25, 0.3) is 0 Å². The summed E-state index contributed by atoms with van der Waals surface area (Å²) in [6.07, 6.45) is 0.790. The van der Waals surface area contributed by atoms with Crippen molar-refractivity contribution in [3.05, 3.63) is 5.89 Å². The average molecular weight is 141 g/mol. The molecule has 0 unspecified atom stereocenters. The molecule has 0 aromatic carbocycles. The van der Waals surface area contributed by atoms with Gasteiger partial charge < -0.3 is 9.73 Å². The first-order chi connectivity index (χ1) is 4.86. The van der Waals surface area contributed by atoms with Gasteiger partial charge in [-0.15, -0.1) is 5.10 Å². The molecule has 1 N–H and O–H groups in total. The molecule has 0 radical (unpaired) electrons. The summed E-state index contributed by atoms with van der Waals surface area (Å²) in [5, 5.41) is 10.4. The van der Waals surface area contributed by atoms with Crippen LogP contribution in [-0.2, 0) is 6.42 Å². The molecule has 0 amide bonds. The van der Waals surface area contributed by atoms with Crippen molar-refractivity contribution in [2.45, 2.75) is 20.3 Å². The third-order valence-electron chi connectivity index (χ3n) is 1.10. The summed E-state index contributed by atoms with van der Waals surface area (Å²) in [6.45, 7) is 4.77. The Labute approximate surface area is 59.6 Å². The van der Waals surface area contributed by atoms with E-state index in [2.05, 4.69) is 15.5 Å². The van der Waals surface area contributed by atoms with Gasteiger partial charge in [0.15, 0.2) is 0 Å². The molecule has 0 fully saturated rings. The fourth-order valence-electron chi connectivity index (χ4n) is 0.619. The summed E-state index contributed by atoms with van der Waals surface area (Å²) in [6, 6.07) is 0.513. The van der Waals surface area contributed by atoms with E-state index in [1.807, 2.05) is 13.8 Å². The van der Waals surface area contributed by atoms with E-state index in [1.54, 1.807) is 0 Å². The van der Waals surface area contributed by atoms with E-state index >= 15 is 0 Å². The molecule has 1 rings (SSSR count). The van der Waals surface area contributed by atoms with Crippen molar-refractivity contribution in [2.75, 3.05) is 11.9 Å². The number of nitrogens with zero attached hydrogens (tertiary/aromatic N) is 2. The predicted octanol–water partition coefficient (Wildman–Crippen LogP) is 1.06. The van der Waals surface area contributed by atoms with Gasteiger partial charge in [-0.1, -0.05) is 12.0 Å². The zero-order valence-corrected chi connectivity index (χ0v) is 6.22. The van der Waals surface area contributed by atoms with Crippen LogP contribution in [-0.4, -0.2) is 16.7 Å². The van der Waals surface area contributed by atoms with E-state index in [0.717, 1.165) is 13.0 Å². The zero-order chi connectivity index (χ0) is 7.40. The number of hydrogen-bond donors (Lipinski definition) is 1. The summed E-state index contributed by atoms with van der Waals surface area (Å²) < 4.78 is 5.14. The van der Waals surface area contributed by atoms with Crippen molar-refractivity contribution in [1.29, 1.82) is 0 Å². The first-order valence-electron chi connectivity index (χ1n) is 3.43. The smallest absolute Gasteiger partial charge is 0.315 e. The fourth-order valence-corrected chi connectivity index (χ4v) is 0.619. The lowest BCUT2D eigenvalue weighted by Gasteiger charge is -1.90. The number of aryl methyl sites for hydroxylation is 1. The van der Waals surface area contributed by atoms with Crippen molar-refractivity contribution < 1.29 is 4.42 Å². The average Bonchev–Trinajstić information content (AvgIpc) is 2.37. The monoisotopic (exact) mass is 141 g/mol. The minimum atomic E-state index is 0.513. The molecule has 0 aliphatic heterocycles. The molecule has 1 aromatic rings. The van der Waals surface area contributed by atoms with Crippen LogP contribution >= 0.6 is 0 Å². The second kappa shape index (κ2) is 3.20. The summed E-state index contributed by atoms with van der Waals surface area (Å²) in [7, 11) is 0. The van der Waals surface area contributed by atoms with Gasteiger partial charge in [0, 0.05) is 13.0 Å². The van der Waals surface area contributed by atoms with Crippen molar-refractivity contribution in [3.8, 4) is 0 Å². The lowest BCUT2D eigenvalue weighted by molar-refractivity contribution is 0.512. The molecule has 1 aromatic heterocycles. The Hall–Kier alpha value is -1.06. The number of rotatable bonds is 3. The maximum atomic E-state index is 5.14. The molecule has 4 nitrogen and oxygen atoms in total. The second-order valence-corrected chi connectivity index (χ2v) is 1.88. The van der Waals surface area contributed by atoms with Crippen molar-refractivity contribution in [1.82, 2.24) is 10.2 Å². The summed E-state index contributed by atoms with van der Waals surface area (Å²) in [5.41, 5.74) is 0. The van der Waals surface area contributed by atoms with Gasteiger partial charge >= 0.3 is 6.01 Å². The molecule has 1 heterocycles. The largest absolute Gasteiger partial charge is 0.408 e. The van der Waals surface area contributed by atoms with Gasteiger partial charge in [0.1, 0.15) is 0 Å². The third-order valence-corrected chi connectivity index (χ3v) is 1.10. The van der Waals surface area contributed by atoms with E-state index in [-0.39, 0.29) is 0 Å². The Morgan fingerprint density at radius 1 is 1.40 bits per heavy atom. The van der Waals surface area contributed by atoms with E-state index in [4.69, 9.17) is 4.42 Å². The molecule has 0 bridgehead atoms. The molecule has 56 valence electrons. The highest BCUT2D eigenvalue weighted by molar-refractivity contribution is 5.15. The zero-order valence-electron chi connectivity index (χ0n) is 6.22. The third kappa shape index (κ3) is 1.46. The minimum absolute atomic E-state index is 0.513. The number of aromatic nitrogens is 2. The Morgan fingerprint density at radius 3 is 2.70 bits per heavy atom. The van der Waals surface area contributed by atoms with Gasteiger partial charge in [0.2, 0.25) is 5.89 Å². The highest BCUT2D eigenvalue weighted by Crippen LogP contribution is 2.04. The Morgan fingerprint density at radius 2 is 2.20 bits per heavy atom. The minimum Gasteiger partial charge on any atom is -0.408 e. The van der Waals surface area contributed by atoms with E-state index in [9.17, 15) is 0 Å². The van der Waals surface area contributed by atoms with Crippen molar-refractivity contribution in [3.63, 3.8) is 0 Å². The number of anilines is 1. The molecule has 0 spiro atoms. The quantitative estimate of drug-likeness (QED) is 0.683. The lowest BCUT2D eigenvalue weighted by atomic mass is 10.5. The summed E-state index contributed by atoms with van der Waals surface area (Å²) >= 11 is 0. The Kier molecular flexibility index (Phi) is 2.25. The van der Waals surface area contributed by atoms with Crippen LogP contribution in [0.1, 0.15) is 19.7 Å². The molecule has 0 aliphatic carbocycles. The molecule has 10 heavy (non-hydrogen) atoms. The molecule has 0 saturated carbocycles.